The molecule has 1 aromatic heterocycles. The molecule has 1 saturated carbocycles. The van der Waals surface area contributed by atoms with E-state index in [4.69, 9.17) is 25.3 Å². The van der Waals surface area contributed by atoms with Gasteiger partial charge in [0.2, 0.25) is 0 Å². The molecular formula is C31H41N7O11S2. The average Bonchev–Trinajstić information content (AvgIpc) is 3.50. The number of fused-ring (bicyclic) bond motifs is 1. The normalized spacial score (nSPS) is 25.8. The fourth-order valence-corrected chi connectivity index (χ4v) is 7.33. The number of oxime groups is 1. The van der Waals surface area contributed by atoms with Crippen LogP contribution in [0.25, 0.3) is 0 Å². The lowest BCUT2D eigenvalue weighted by Gasteiger charge is -2.50. The Labute approximate surface area is 297 Å². The molecule has 0 unspecified atom stereocenters. The van der Waals surface area contributed by atoms with E-state index in [9.17, 15) is 33.0 Å². The van der Waals surface area contributed by atoms with E-state index < -0.39 is 57.2 Å². The number of aliphatic hydroxyl groups is 1. The van der Waals surface area contributed by atoms with Gasteiger partial charge in [-0.1, -0.05) is 5.16 Å². The topological polar surface area (TPSA) is 276 Å². The van der Waals surface area contributed by atoms with Crippen LogP contribution < -0.4 is 21.1 Å². The van der Waals surface area contributed by atoms with Gasteiger partial charge in [-0.05, 0) is 95.9 Å². The van der Waals surface area contributed by atoms with Gasteiger partial charge >= 0.3 is 16.4 Å². The van der Waals surface area contributed by atoms with Crippen molar-refractivity contribution in [3.63, 3.8) is 0 Å². The smallest absolute Gasteiger partial charge is 0.418 e. The zero-order chi connectivity index (χ0) is 37.5. The SMILES string of the molecule is CC1(C)[C@H](NC(=O)/C(=N\O[C@](C)(C(=O)O)[C@H]2CCc3cc(C(=N)N[C@]4(C)CC[C@H](CO)CC4)ccc3O2)c2csc(N)n2)C(=O)N1OS(=O)(=O)O. The summed E-state index contributed by atoms with van der Waals surface area (Å²) in [5.41, 5.74) is 2.70. The fourth-order valence-electron chi connectivity index (χ4n) is 6.32. The van der Waals surface area contributed by atoms with E-state index in [1.165, 1.54) is 26.2 Å². The van der Waals surface area contributed by atoms with Crippen molar-refractivity contribution in [3.8, 4) is 5.75 Å². The first-order valence-electron chi connectivity index (χ1n) is 16.1. The number of thiazole rings is 1. The number of carbonyl (C=O) groups is 3. The van der Waals surface area contributed by atoms with E-state index in [0.29, 0.717) is 22.8 Å². The molecule has 1 aromatic carbocycles. The lowest BCUT2D eigenvalue weighted by molar-refractivity contribution is -0.218. The van der Waals surface area contributed by atoms with Crippen molar-refractivity contribution in [1.29, 1.82) is 5.41 Å². The molecule has 3 aliphatic rings. The minimum absolute atomic E-state index is 0.0531. The zero-order valence-electron chi connectivity index (χ0n) is 28.3. The van der Waals surface area contributed by atoms with Crippen LogP contribution in [0, 0.1) is 11.3 Å². The van der Waals surface area contributed by atoms with E-state index in [1.807, 2.05) is 6.07 Å². The number of nitrogens with one attached hydrogen (secondary N) is 3. The Balaban J connectivity index is 1.32. The number of nitrogens with zero attached hydrogens (tertiary/aromatic N) is 3. The Morgan fingerprint density at radius 1 is 1.25 bits per heavy atom. The standard InChI is InChI=1S/C31H41N7O11S2/c1-29(2)23(26(41)38(29)49-51(44,45)46)35-25(40)22(19-15-50-28(33)34-19)37-48-31(4,27(42)43)21-8-6-17-13-18(5-7-20(17)47-21)24(32)36-30(3)11-9-16(14-39)10-12-30/h5,7,13,15-16,21,23,39H,6,8-12,14H2,1-4H3,(H2,32,36)(H2,33,34)(H,35,40)(H,42,43)(H,44,45,46)/b37-22-/t16-,21-,23-,30+,31+/m1/s1. The zero-order valence-corrected chi connectivity index (χ0v) is 30.0. The lowest BCUT2D eigenvalue weighted by atomic mass is 9.77. The van der Waals surface area contributed by atoms with Gasteiger partial charge in [0.15, 0.2) is 16.9 Å². The van der Waals surface area contributed by atoms with E-state index in [2.05, 4.69) is 32.0 Å². The summed E-state index contributed by atoms with van der Waals surface area (Å²) < 4.78 is 41.8. The molecule has 0 spiro atoms. The third-order valence-electron chi connectivity index (χ3n) is 9.65. The van der Waals surface area contributed by atoms with E-state index >= 15 is 0 Å². The molecule has 3 atom stereocenters. The quantitative estimate of drug-likeness (QED) is 0.0531. The van der Waals surface area contributed by atoms with E-state index in [1.54, 1.807) is 12.1 Å². The van der Waals surface area contributed by atoms with Gasteiger partial charge in [0.1, 0.15) is 23.3 Å². The molecular weight excluding hydrogens is 711 g/mol. The predicted molar refractivity (Wildman–Crippen MR) is 182 cm³/mol. The number of anilines is 1. The van der Waals surface area contributed by atoms with Gasteiger partial charge in [-0.2, -0.15) is 13.5 Å². The lowest BCUT2D eigenvalue weighted by Crippen LogP contribution is -2.76. The molecule has 278 valence electrons. The van der Waals surface area contributed by atoms with Crippen LogP contribution in [-0.2, 0) is 40.3 Å². The van der Waals surface area contributed by atoms with Crippen molar-refractivity contribution in [1.82, 2.24) is 20.7 Å². The van der Waals surface area contributed by atoms with Crippen molar-refractivity contribution in [2.75, 3.05) is 12.3 Å². The first kappa shape index (κ1) is 37.9. The second-order valence-corrected chi connectivity index (χ2v) is 15.8. The van der Waals surface area contributed by atoms with Crippen LogP contribution in [0.4, 0.5) is 5.13 Å². The summed E-state index contributed by atoms with van der Waals surface area (Å²) in [5, 5.41) is 39.9. The molecule has 20 heteroatoms. The fraction of sp³-hybridized carbons (Fsp3) is 0.548. The summed E-state index contributed by atoms with van der Waals surface area (Å²) in [7, 11) is -5.04. The van der Waals surface area contributed by atoms with Crippen LogP contribution in [0.3, 0.4) is 0 Å². The van der Waals surface area contributed by atoms with Gasteiger partial charge in [-0.3, -0.25) is 19.6 Å². The number of hydrogen-bond acceptors (Lipinski definition) is 14. The Bertz CT molecular complexity index is 1860. The largest absolute Gasteiger partial charge is 0.485 e. The summed E-state index contributed by atoms with van der Waals surface area (Å²) >= 11 is 0.960. The average molecular weight is 752 g/mol. The number of aliphatic carboxylic acids is 1. The number of carboxylic acids is 1. The summed E-state index contributed by atoms with van der Waals surface area (Å²) in [4.78, 5) is 48.4. The number of carbonyl (C=O) groups excluding carboxylic acids is 2. The highest BCUT2D eigenvalue weighted by Crippen LogP contribution is 2.36. The third-order valence-corrected chi connectivity index (χ3v) is 10.7. The number of nitrogen functional groups attached to an aromatic ring is 1. The van der Waals surface area contributed by atoms with Gasteiger partial charge in [0.05, 0.1) is 5.54 Å². The minimum Gasteiger partial charge on any atom is -0.485 e. The Morgan fingerprint density at radius 3 is 2.51 bits per heavy atom. The molecule has 51 heavy (non-hydrogen) atoms. The second kappa shape index (κ2) is 14.0. The number of nitrogens with two attached hydrogens (primary N) is 1. The Morgan fingerprint density at radius 2 is 1.94 bits per heavy atom. The van der Waals surface area contributed by atoms with Gasteiger partial charge < -0.3 is 36.2 Å². The number of aliphatic hydroxyl groups excluding tert-OH is 1. The first-order chi connectivity index (χ1) is 23.8. The Hall–Kier alpha value is -4.37. The number of hydroxylamine groups is 2. The van der Waals surface area contributed by atoms with Crippen LogP contribution in [0.1, 0.15) is 76.6 Å². The molecule has 2 amide bonds. The monoisotopic (exact) mass is 751 g/mol. The molecule has 2 aromatic rings. The number of amides is 2. The van der Waals surface area contributed by atoms with Gasteiger partial charge in [0, 0.05) is 23.1 Å². The maximum Gasteiger partial charge on any atom is 0.418 e. The highest BCUT2D eigenvalue weighted by Gasteiger charge is 2.58. The molecule has 0 radical (unpaired) electrons. The van der Waals surface area contributed by atoms with Crippen molar-refractivity contribution in [2.24, 2.45) is 11.1 Å². The maximum absolute atomic E-state index is 13.5. The number of amidine groups is 1. The van der Waals surface area contributed by atoms with Crippen LogP contribution in [0.2, 0.25) is 0 Å². The second-order valence-electron chi connectivity index (χ2n) is 13.9. The van der Waals surface area contributed by atoms with Gasteiger partial charge in [-0.15, -0.1) is 15.6 Å². The number of ether oxygens (including phenoxy) is 1. The Kier molecular flexibility index (Phi) is 10.4. The third kappa shape index (κ3) is 7.93. The summed E-state index contributed by atoms with van der Waals surface area (Å²) in [6, 6.07) is 3.84. The molecule has 2 fully saturated rings. The number of aryl methyl sites for hydroxylation is 1. The number of benzene rings is 1. The molecule has 5 rings (SSSR count). The number of β-lactam (4-membered cyclic amide) rings is 1. The van der Waals surface area contributed by atoms with Crippen LogP contribution >= 0.6 is 11.3 Å². The summed E-state index contributed by atoms with van der Waals surface area (Å²) in [5.74, 6) is -2.56. The number of rotatable bonds is 12. The van der Waals surface area contributed by atoms with Crippen LogP contribution in [0.5, 0.6) is 5.75 Å². The molecule has 3 heterocycles. The number of carboxylic acid groups (broad SMARTS) is 1. The van der Waals surface area contributed by atoms with Crippen molar-refractivity contribution in [3.05, 3.63) is 40.4 Å². The van der Waals surface area contributed by atoms with Gasteiger partial charge in [-0.25, -0.2) is 9.78 Å². The van der Waals surface area contributed by atoms with E-state index in [0.717, 1.165) is 42.6 Å². The van der Waals surface area contributed by atoms with Crippen molar-refractivity contribution < 1.29 is 51.4 Å². The molecule has 8 N–H and O–H groups in total. The molecule has 1 aliphatic carbocycles. The minimum atomic E-state index is -5.04. The van der Waals surface area contributed by atoms with Gasteiger partial charge in [0.25, 0.3) is 17.4 Å². The van der Waals surface area contributed by atoms with Crippen LogP contribution in [-0.4, -0.2) is 98.0 Å². The van der Waals surface area contributed by atoms with Crippen molar-refractivity contribution in [2.45, 2.75) is 95.0 Å². The van der Waals surface area contributed by atoms with Crippen molar-refractivity contribution >= 4 is 56.2 Å². The predicted octanol–water partition coefficient (Wildman–Crippen LogP) is 1.38. The molecule has 18 nitrogen and oxygen atoms in total. The molecule has 0 bridgehead atoms. The maximum atomic E-state index is 13.5. The highest BCUT2D eigenvalue weighted by molar-refractivity contribution is 7.80. The summed E-state index contributed by atoms with van der Waals surface area (Å²) in [6.45, 7) is 6.20. The number of hydrogen-bond donors (Lipinski definition) is 7. The molecule has 2 aliphatic heterocycles. The van der Waals surface area contributed by atoms with Crippen LogP contribution in [0.15, 0.2) is 28.7 Å². The molecule has 1 saturated heterocycles. The highest BCUT2D eigenvalue weighted by atomic mass is 32.3. The summed E-state index contributed by atoms with van der Waals surface area (Å²) in [6.07, 6.45) is 2.87. The van der Waals surface area contributed by atoms with E-state index in [-0.39, 0.29) is 41.1 Å². The first-order valence-corrected chi connectivity index (χ1v) is 18.3. The number of aromatic nitrogens is 1.